The lowest BCUT2D eigenvalue weighted by molar-refractivity contribution is -0.142. The van der Waals surface area contributed by atoms with Crippen LogP contribution in [0.25, 0.3) is 0 Å². The Morgan fingerprint density at radius 3 is 2.00 bits per heavy atom. The van der Waals surface area contributed by atoms with Crippen LogP contribution in [0.1, 0.15) is 19.3 Å². The van der Waals surface area contributed by atoms with Crippen molar-refractivity contribution >= 4 is 49.0 Å². The Labute approximate surface area is 144 Å². The van der Waals surface area contributed by atoms with E-state index in [1.807, 2.05) is 0 Å². The van der Waals surface area contributed by atoms with Gasteiger partial charge in [0.05, 0.1) is 0 Å². The number of carboxylic acids is 2. The largest absolute Gasteiger partial charge is 0.480 e. The number of hydrogen-bond donors (Lipinski definition) is 7. The average Bonchev–Trinajstić information content (AvgIpc) is 2.49. The van der Waals surface area contributed by atoms with Crippen LogP contribution < -0.4 is 16.4 Å². The first-order chi connectivity index (χ1) is 10.7. The molecule has 0 saturated carbocycles. The summed E-state index contributed by atoms with van der Waals surface area (Å²) in [6.07, 6.45) is -0.131. The third-order valence-electron chi connectivity index (χ3n) is 2.87. The number of aliphatic carboxylic acids is 2. The standard InChI is InChI=1S/C12H21N3O6S2/c13-6(11(18)19)1-2-9(16)14-8(5-23)10(17)15-7(3-4-22)12(20)21/h6-8,22-23H,1-5,13H2,(H,14,16)(H,15,17)(H,18,19)(H,20,21). The second-order valence-corrected chi connectivity index (χ2v) is 5.51. The number of rotatable bonds is 11. The van der Waals surface area contributed by atoms with E-state index in [4.69, 9.17) is 15.9 Å². The van der Waals surface area contributed by atoms with Crippen molar-refractivity contribution in [3.8, 4) is 0 Å². The summed E-state index contributed by atoms with van der Waals surface area (Å²) < 4.78 is 0. The Bertz CT molecular complexity index is 449. The minimum Gasteiger partial charge on any atom is -0.480 e. The van der Waals surface area contributed by atoms with Crippen molar-refractivity contribution in [2.24, 2.45) is 5.73 Å². The summed E-state index contributed by atoms with van der Waals surface area (Å²) in [7, 11) is 0. The fourth-order valence-electron chi connectivity index (χ4n) is 1.53. The van der Waals surface area contributed by atoms with Crippen LogP contribution in [0.15, 0.2) is 0 Å². The Morgan fingerprint density at radius 1 is 0.957 bits per heavy atom. The van der Waals surface area contributed by atoms with Gasteiger partial charge >= 0.3 is 11.9 Å². The summed E-state index contributed by atoms with van der Waals surface area (Å²) in [6.45, 7) is 0. The van der Waals surface area contributed by atoms with Crippen LogP contribution in [0.4, 0.5) is 0 Å². The molecule has 0 heterocycles. The number of carbonyl (C=O) groups excluding carboxylic acids is 2. The van der Waals surface area contributed by atoms with Gasteiger partial charge in [0.25, 0.3) is 0 Å². The monoisotopic (exact) mass is 367 g/mol. The second kappa shape index (κ2) is 11.1. The van der Waals surface area contributed by atoms with Gasteiger partial charge in [-0.1, -0.05) is 0 Å². The van der Waals surface area contributed by atoms with Crippen LogP contribution in [0, 0.1) is 0 Å². The van der Waals surface area contributed by atoms with Crippen molar-refractivity contribution in [2.45, 2.75) is 37.4 Å². The van der Waals surface area contributed by atoms with E-state index in [0.717, 1.165) is 0 Å². The van der Waals surface area contributed by atoms with E-state index < -0.39 is 41.9 Å². The van der Waals surface area contributed by atoms with Gasteiger partial charge in [0.15, 0.2) is 0 Å². The summed E-state index contributed by atoms with van der Waals surface area (Å²) in [5, 5.41) is 22.2. The molecule has 6 N–H and O–H groups in total. The topological polar surface area (TPSA) is 159 Å². The number of nitrogens with two attached hydrogens (primary N) is 1. The van der Waals surface area contributed by atoms with Crippen LogP contribution in [0.5, 0.6) is 0 Å². The van der Waals surface area contributed by atoms with Crippen molar-refractivity contribution in [1.29, 1.82) is 0 Å². The molecule has 3 unspecified atom stereocenters. The molecule has 0 fully saturated rings. The molecule has 0 aromatic rings. The Morgan fingerprint density at radius 2 is 1.57 bits per heavy atom. The lowest BCUT2D eigenvalue weighted by Crippen LogP contribution is -2.52. The highest BCUT2D eigenvalue weighted by Crippen LogP contribution is 2.00. The van der Waals surface area contributed by atoms with E-state index in [9.17, 15) is 19.2 Å². The minimum atomic E-state index is -1.22. The Kier molecular flexibility index (Phi) is 10.4. The smallest absolute Gasteiger partial charge is 0.326 e. The normalized spacial score (nSPS) is 14.4. The molecule has 0 aliphatic carbocycles. The van der Waals surface area contributed by atoms with E-state index in [1.54, 1.807) is 0 Å². The summed E-state index contributed by atoms with van der Waals surface area (Å²) in [6, 6.07) is -3.32. The lowest BCUT2D eigenvalue weighted by atomic mass is 10.1. The van der Waals surface area contributed by atoms with E-state index in [2.05, 4.69) is 35.9 Å². The maximum absolute atomic E-state index is 12.0. The Balaban J connectivity index is 4.51. The molecule has 0 aromatic heterocycles. The molecule has 2 amide bonds. The highest BCUT2D eigenvalue weighted by Gasteiger charge is 2.25. The molecule has 0 radical (unpaired) electrons. The molecule has 0 saturated heterocycles. The van der Waals surface area contributed by atoms with Gasteiger partial charge < -0.3 is 26.6 Å². The fourth-order valence-corrected chi connectivity index (χ4v) is 2.04. The first-order valence-corrected chi connectivity index (χ1v) is 8.02. The summed E-state index contributed by atoms with van der Waals surface area (Å²) in [5.41, 5.74) is 5.27. The van der Waals surface area contributed by atoms with Gasteiger partial charge in [0, 0.05) is 12.2 Å². The van der Waals surface area contributed by atoms with Gasteiger partial charge in [-0.25, -0.2) is 4.79 Å². The SMILES string of the molecule is NC(CCC(=O)NC(CS)C(=O)NC(CCS)C(=O)O)C(=O)O. The third-order valence-corrected chi connectivity index (χ3v) is 3.49. The second-order valence-electron chi connectivity index (χ2n) is 4.70. The van der Waals surface area contributed by atoms with Crippen LogP contribution in [0.3, 0.4) is 0 Å². The molecule has 3 atom stereocenters. The van der Waals surface area contributed by atoms with Crippen molar-refractivity contribution in [3.05, 3.63) is 0 Å². The van der Waals surface area contributed by atoms with Gasteiger partial charge in [-0.2, -0.15) is 25.3 Å². The molecule has 0 aliphatic heterocycles. The van der Waals surface area contributed by atoms with Crippen LogP contribution >= 0.6 is 25.3 Å². The highest BCUT2D eigenvalue weighted by molar-refractivity contribution is 7.80. The molecule has 11 heteroatoms. The van der Waals surface area contributed by atoms with Crippen LogP contribution in [0.2, 0.25) is 0 Å². The molecular formula is C12H21N3O6S2. The molecule has 0 aromatic carbocycles. The zero-order valence-corrected chi connectivity index (χ0v) is 14.1. The highest BCUT2D eigenvalue weighted by atomic mass is 32.1. The van der Waals surface area contributed by atoms with E-state index in [-0.39, 0.29) is 30.8 Å². The summed E-state index contributed by atoms with van der Waals surface area (Å²) in [4.78, 5) is 45.2. The molecule has 132 valence electrons. The van der Waals surface area contributed by atoms with Crippen LogP contribution in [-0.4, -0.2) is 63.6 Å². The van der Waals surface area contributed by atoms with Gasteiger partial charge in [-0.05, 0) is 18.6 Å². The molecule has 0 spiro atoms. The molecule has 0 aliphatic rings. The number of hydrogen-bond acceptors (Lipinski definition) is 7. The third kappa shape index (κ3) is 8.67. The zero-order chi connectivity index (χ0) is 18.0. The maximum atomic E-state index is 12.0. The number of amides is 2. The summed E-state index contributed by atoms with van der Waals surface area (Å²) in [5.74, 6) is -3.47. The predicted molar refractivity (Wildman–Crippen MR) is 88.7 cm³/mol. The predicted octanol–water partition coefficient (Wildman–Crippen LogP) is -1.52. The number of thiol groups is 2. The van der Waals surface area contributed by atoms with Crippen LogP contribution in [-0.2, 0) is 19.2 Å². The van der Waals surface area contributed by atoms with Crippen molar-refractivity contribution in [3.63, 3.8) is 0 Å². The molecule has 23 heavy (non-hydrogen) atoms. The molecule has 0 rings (SSSR count). The average molecular weight is 367 g/mol. The molecular weight excluding hydrogens is 346 g/mol. The van der Waals surface area contributed by atoms with Gasteiger partial charge in [-0.15, -0.1) is 0 Å². The number of nitrogens with one attached hydrogen (secondary N) is 2. The number of carboxylic acid groups (broad SMARTS) is 2. The fraction of sp³-hybridized carbons (Fsp3) is 0.667. The van der Waals surface area contributed by atoms with Crippen molar-refractivity contribution in [2.75, 3.05) is 11.5 Å². The first-order valence-electron chi connectivity index (χ1n) is 6.75. The van der Waals surface area contributed by atoms with Gasteiger partial charge in [0.2, 0.25) is 11.8 Å². The van der Waals surface area contributed by atoms with E-state index in [0.29, 0.717) is 0 Å². The Hall–Kier alpha value is -1.46. The van der Waals surface area contributed by atoms with Crippen molar-refractivity contribution in [1.82, 2.24) is 10.6 Å². The number of carbonyl (C=O) groups is 4. The molecule has 9 nitrogen and oxygen atoms in total. The quantitative estimate of drug-likeness (QED) is 0.218. The first kappa shape index (κ1) is 21.5. The van der Waals surface area contributed by atoms with Gasteiger partial charge in [-0.3, -0.25) is 14.4 Å². The summed E-state index contributed by atoms with van der Waals surface area (Å²) >= 11 is 7.85. The lowest BCUT2D eigenvalue weighted by Gasteiger charge is -2.20. The zero-order valence-electron chi connectivity index (χ0n) is 12.3. The van der Waals surface area contributed by atoms with E-state index in [1.165, 1.54) is 0 Å². The van der Waals surface area contributed by atoms with E-state index >= 15 is 0 Å². The molecule has 0 bridgehead atoms. The minimum absolute atomic E-state index is 0.0459. The van der Waals surface area contributed by atoms with Gasteiger partial charge in [0.1, 0.15) is 18.1 Å². The maximum Gasteiger partial charge on any atom is 0.326 e. The van der Waals surface area contributed by atoms with Crippen molar-refractivity contribution < 1.29 is 29.4 Å².